The van der Waals surface area contributed by atoms with Crippen molar-refractivity contribution < 1.29 is 0 Å². The van der Waals surface area contributed by atoms with Crippen molar-refractivity contribution in [1.82, 2.24) is 0 Å². The molecule has 0 aliphatic heterocycles. The molecule has 0 aliphatic rings. The molecule has 2 N–H and O–H groups in total. The van der Waals surface area contributed by atoms with Crippen LogP contribution in [0.25, 0.3) is 0 Å². The lowest BCUT2D eigenvalue weighted by atomic mass is 9.98. The van der Waals surface area contributed by atoms with Gasteiger partial charge in [0.15, 0.2) is 0 Å². The second kappa shape index (κ2) is 5.88. The third kappa shape index (κ3) is 4.13. The highest BCUT2D eigenvalue weighted by Crippen LogP contribution is 2.28. The van der Waals surface area contributed by atoms with Crippen LogP contribution >= 0.6 is 27.5 Å². The van der Waals surface area contributed by atoms with Gasteiger partial charge in [-0.25, -0.2) is 0 Å². The van der Waals surface area contributed by atoms with Gasteiger partial charge in [-0.3, -0.25) is 0 Å². The third-order valence-electron chi connectivity index (χ3n) is 2.41. The van der Waals surface area contributed by atoms with Crippen LogP contribution < -0.4 is 5.73 Å². The average molecular weight is 291 g/mol. The predicted octanol–water partition coefficient (Wildman–Crippen LogP) is 4.54. The number of hydrogen-bond acceptors (Lipinski definition) is 1. The predicted molar refractivity (Wildman–Crippen MR) is 70.2 cm³/mol. The van der Waals surface area contributed by atoms with Crippen molar-refractivity contribution in [1.29, 1.82) is 0 Å². The lowest BCUT2D eigenvalue weighted by Gasteiger charge is -2.15. The number of rotatable bonds is 4. The highest BCUT2D eigenvalue weighted by atomic mass is 79.9. The second-order valence-electron chi connectivity index (χ2n) is 4.24. The van der Waals surface area contributed by atoms with Crippen LogP contribution in [0, 0.1) is 5.92 Å². The minimum atomic E-state index is 0.0699. The summed E-state index contributed by atoms with van der Waals surface area (Å²) in [5.41, 5.74) is 7.22. The highest BCUT2D eigenvalue weighted by molar-refractivity contribution is 9.10. The molecule has 84 valence electrons. The quantitative estimate of drug-likeness (QED) is 0.865. The van der Waals surface area contributed by atoms with Crippen LogP contribution in [0.15, 0.2) is 22.7 Å². The Bertz CT molecular complexity index is 325. The molecule has 1 aromatic carbocycles. The summed E-state index contributed by atoms with van der Waals surface area (Å²) in [6, 6.07) is 5.83. The van der Waals surface area contributed by atoms with Gasteiger partial charge in [0, 0.05) is 15.5 Å². The summed E-state index contributed by atoms with van der Waals surface area (Å²) < 4.78 is 1.04. The first kappa shape index (κ1) is 13.0. The van der Waals surface area contributed by atoms with Gasteiger partial charge in [0.1, 0.15) is 0 Å². The Kier molecular flexibility index (Phi) is 5.10. The topological polar surface area (TPSA) is 26.0 Å². The van der Waals surface area contributed by atoms with Crippen molar-refractivity contribution in [3.63, 3.8) is 0 Å². The Morgan fingerprint density at radius 2 is 2.00 bits per heavy atom. The largest absolute Gasteiger partial charge is 0.324 e. The molecular formula is C12H17BrClN. The van der Waals surface area contributed by atoms with Crippen LogP contribution in [0.1, 0.15) is 38.3 Å². The van der Waals surface area contributed by atoms with E-state index < -0.39 is 0 Å². The number of nitrogens with two attached hydrogens (primary N) is 1. The van der Waals surface area contributed by atoms with Crippen LogP contribution in [0.2, 0.25) is 5.02 Å². The van der Waals surface area contributed by atoms with E-state index >= 15 is 0 Å². The molecule has 1 nitrogen and oxygen atoms in total. The maximum absolute atomic E-state index is 6.12. The Balaban J connectivity index is 2.72. The van der Waals surface area contributed by atoms with Gasteiger partial charge in [-0.15, -0.1) is 0 Å². The SMILES string of the molecule is CC(C)CCC(N)c1cc(Cl)ccc1Br. The van der Waals surface area contributed by atoms with Crippen molar-refractivity contribution in [2.75, 3.05) is 0 Å². The van der Waals surface area contributed by atoms with Crippen LogP contribution in [-0.2, 0) is 0 Å². The van der Waals surface area contributed by atoms with Gasteiger partial charge >= 0.3 is 0 Å². The molecule has 3 heteroatoms. The number of halogens is 2. The van der Waals surface area contributed by atoms with Gasteiger partial charge in [-0.1, -0.05) is 41.4 Å². The summed E-state index contributed by atoms with van der Waals surface area (Å²) in [4.78, 5) is 0. The molecule has 15 heavy (non-hydrogen) atoms. The van der Waals surface area contributed by atoms with Crippen LogP contribution in [0.3, 0.4) is 0 Å². The van der Waals surface area contributed by atoms with Crippen molar-refractivity contribution >= 4 is 27.5 Å². The van der Waals surface area contributed by atoms with Gasteiger partial charge in [0.2, 0.25) is 0 Å². The molecule has 0 fully saturated rings. The van der Waals surface area contributed by atoms with Gasteiger partial charge in [0.05, 0.1) is 0 Å². The Morgan fingerprint density at radius 1 is 1.33 bits per heavy atom. The first-order chi connectivity index (χ1) is 7.00. The van der Waals surface area contributed by atoms with E-state index in [2.05, 4.69) is 29.8 Å². The zero-order valence-corrected chi connectivity index (χ0v) is 11.5. The van der Waals surface area contributed by atoms with E-state index in [1.54, 1.807) is 0 Å². The van der Waals surface area contributed by atoms with E-state index in [0.717, 1.165) is 27.9 Å². The van der Waals surface area contributed by atoms with E-state index in [0.29, 0.717) is 5.92 Å². The molecule has 1 atom stereocenters. The first-order valence-corrected chi connectivity index (χ1v) is 6.38. The van der Waals surface area contributed by atoms with Crippen LogP contribution in [0.5, 0.6) is 0 Å². The standard InChI is InChI=1S/C12H17BrClN/c1-8(2)3-6-12(15)10-7-9(14)4-5-11(10)13/h4-5,7-8,12H,3,6,15H2,1-2H3. The average Bonchev–Trinajstić information content (AvgIpc) is 2.18. The van der Waals surface area contributed by atoms with Crippen LogP contribution in [0.4, 0.5) is 0 Å². The molecule has 0 spiro atoms. The fourth-order valence-corrected chi connectivity index (χ4v) is 2.19. The zero-order chi connectivity index (χ0) is 11.4. The molecule has 0 aliphatic carbocycles. The molecule has 1 aromatic rings. The van der Waals surface area contributed by atoms with E-state index in [1.165, 1.54) is 0 Å². The summed E-state index contributed by atoms with van der Waals surface area (Å²) in [5, 5.41) is 0.744. The van der Waals surface area contributed by atoms with Crippen molar-refractivity contribution in [2.45, 2.75) is 32.7 Å². The maximum Gasteiger partial charge on any atom is 0.0410 e. The van der Waals surface area contributed by atoms with Crippen molar-refractivity contribution in [3.05, 3.63) is 33.3 Å². The molecular weight excluding hydrogens is 273 g/mol. The molecule has 0 saturated carbocycles. The Labute approximate surface area is 105 Å². The van der Waals surface area contributed by atoms with E-state index in [9.17, 15) is 0 Å². The summed E-state index contributed by atoms with van der Waals surface area (Å²) >= 11 is 9.45. The van der Waals surface area contributed by atoms with Crippen molar-refractivity contribution in [3.8, 4) is 0 Å². The summed E-state index contributed by atoms with van der Waals surface area (Å²) in [7, 11) is 0. The smallest absolute Gasteiger partial charge is 0.0410 e. The lowest BCUT2D eigenvalue weighted by molar-refractivity contribution is 0.506. The Hall–Kier alpha value is -0.0500. The molecule has 1 rings (SSSR count). The van der Waals surface area contributed by atoms with Gasteiger partial charge in [-0.2, -0.15) is 0 Å². The summed E-state index contributed by atoms with van der Waals surface area (Å²) in [6.07, 6.45) is 2.14. The molecule has 0 amide bonds. The fourth-order valence-electron chi connectivity index (χ4n) is 1.47. The fraction of sp³-hybridized carbons (Fsp3) is 0.500. The second-order valence-corrected chi connectivity index (χ2v) is 5.53. The maximum atomic E-state index is 6.12. The lowest BCUT2D eigenvalue weighted by Crippen LogP contribution is -2.11. The molecule has 0 aromatic heterocycles. The highest BCUT2D eigenvalue weighted by Gasteiger charge is 2.10. The van der Waals surface area contributed by atoms with E-state index in [1.807, 2.05) is 18.2 Å². The first-order valence-electron chi connectivity index (χ1n) is 5.21. The monoisotopic (exact) mass is 289 g/mol. The van der Waals surface area contributed by atoms with Crippen molar-refractivity contribution in [2.24, 2.45) is 11.7 Å². The minimum absolute atomic E-state index is 0.0699. The third-order valence-corrected chi connectivity index (χ3v) is 3.37. The molecule has 0 saturated heterocycles. The van der Waals surface area contributed by atoms with E-state index in [4.69, 9.17) is 17.3 Å². The minimum Gasteiger partial charge on any atom is -0.324 e. The number of benzene rings is 1. The van der Waals surface area contributed by atoms with Gasteiger partial charge in [-0.05, 0) is 42.5 Å². The molecule has 0 bridgehead atoms. The summed E-state index contributed by atoms with van der Waals surface area (Å²) in [5.74, 6) is 0.689. The Morgan fingerprint density at radius 3 is 2.60 bits per heavy atom. The zero-order valence-electron chi connectivity index (χ0n) is 9.13. The van der Waals surface area contributed by atoms with E-state index in [-0.39, 0.29) is 6.04 Å². The van der Waals surface area contributed by atoms with Gasteiger partial charge < -0.3 is 5.73 Å². The van der Waals surface area contributed by atoms with Gasteiger partial charge in [0.25, 0.3) is 0 Å². The molecule has 0 radical (unpaired) electrons. The summed E-state index contributed by atoms with van der Waals surface area (Å²) in [6.45, 7) is 4.42. The normalized spacial score (nSPS) is 13.2. The number of hydrogen-bond donors (Lipinski definition) is 1. The molecule has 1 unspecified atom stereocenters. The van der Waals surface area contributed by atoms with Crippen LogP contribution in [-0.4, -0.2) is 0 Å². The molecule has 0 heterocycles.